The van der Waals surface area contributed by atoms with Gasteiger partial charge in [-0.25, -0.2) is 0 Å². The van der Waals surface area contributed by atoms with E-state index in [0.29, 0.717) is 27.3 Å². The van der Waals surface area contributed by atoms with Gasteiger partial charge in [0.25, 0.3) is 0 Å². The standard InChI is InChI=1S/C14H9BrCl3NO2/c15-9-1-7(2-12-14(9)21-6-20-12)5-19-13-10(17)3-8(16)4-11(13)18/h1-4,19H,5-6H2. The Kier molecular flexibility index (Phi) is 4.41. The van der Waals surface area contributed by atoms with Crippen molar-refractivity contribution in [3.8, 4) is 11.5 Å². The zero-order valence-electron chi connectivity index (χ0n) is 10.6. The van der Waals surface area contributed by atoms with Crippen molar-refractivity contribution in [1.82, 2.24) is 0 Å². The summed E-state index contributed by atoms with van der Waals surface area (Å²) in [7, 11) is 0. The van der Waals surface area contributed by atoms with E-state index in [2.05, 4.69) is 21.2 Å². The summed E-state index contributed by atoms with van der Waals surface area (Å²) in [5.41, 5.74) is 1.66. The lowest BCUT2D eigenvalue weighted by molar-refractivity contribution is 0.173. The second-order valence-electron chi connectivity index (χ2n) is 4.41. The molecule has 2 aromatic rings. The molecule has 0 amide bonds. The van der Waals surface area contributed by atoms with E-state index in [1.165, 1.54) is 0 Å². The van der Waals surface area contributed by atoms with Crippen LogP contribution < -0.4 is 14.8 Å². The zero-order chi connectivity index (χ0) is 15.0. The summed E-state index contributed by atoms with van der Waals surface area (Å²) < 4.78 is 11.6. The van der Waals surface area contributed by atoms with Crippen LogP contribution in [0.5, 0.6) is 11.5 Å². The van der Waals surface area contributed by atoms with Crippen molar-refractivity contribution in [2.45, 2.75) is 6.54 Å². The minimum Gasteiger partial charge on any atom is -0.454 e. The molecule has 0 unspecified atom stereocenters. The van der Waals surface area contributed by atoms with Crippen LogP contribution in [0.2, 0.25) is 15.1 Å². The minimum absolute atomic E-state index is 0.236. The molecule has 0 saturated heterocycles. The van der Waals surface area contributed by atoms with Crippen molar-refractivity contribution < 1.29 is 9.47 Å². The van der Waals surface area contributed by atoms with Gasteiger partial charge < -0.3 is 14.8 Å². The Morgan fingerprint density at radius 1 is 1.05 bits per heavy atom. The molecule has 110 valence electrons. The van der Waals surface area contributed by atoms with E-state index < -0.39 is 0 Å². The first kappa shape index (κ1) is 15.1. The third kappa shape index (κ3) is 3.19. The predicted octanol–water partition coefficient (Wildman–Crippen LogP) is 5.75. The molecule has 3 rings (SSSR count). The molecule has 1 aliphatic heterocycles. The first-order valence-corrected chi connectivity index (χ1v) is 7.93. The maximum absolute atomic E-state index is 6.14. The number of fused-ring (bicyclic) bond motifs is 1. The summed E-state index contributed by atoms with van der Waals surface area (Å²) in [5, 5.41) is 4.66. The van der Waals surface area contributed by atoms with Gasteiger partial charge in [-0.05, 0) is 45.8 Å². The van der Waals surface area contributed by atoms with Crippen LogP contribution in [0.3, 0.4) is 0 Å². The molecule has 0 bridgehead atoms. The van der Waals surface area contributed by atoms with E-state index in [0.717, 1.165) is 21.5 Å². The molecule has 0 spiro atoms. The molecule has 2 aromatic carbocycles. The van der Waals surface area contributed by atoms with Crippen molar-refractivity contribution in [2.24, 2.45) is 0 Å². The Labute approximate surface area is 145 Å². The number of halogens is 4. The Morgan fingerprint density at radius 3 is 2.48 bits per heavy atom. The lowest BCUT2D eigenvalue weighted by atomic mass is 10.2. The van der Waals surface area contributed by atoms with Gasteiger partial charge in [0.05, 0.1) is 20.2 Å². The van der Waals surface area contributed by atoms with E-state index >= 15 is 0 Å². The summed E-state index contributed by atoms with van der Waals surface area (Å²) in [4.78, 5) is 0. The highest BCUT2D eigenvalue weighted by Gasteiger charge is 2.18. The zero-order valence-corrected chi connectivity index (χ0v) is 14.4. The fourth-order valence-electron chi connectivity index (χ4n) is 2.02. The van der Waals surface area contributed by atoms with E-state index in [-0.39, 0.29) is 6.79 Å². The van der Waals surface area contributed by atoms with Gasteiger partial charge in [0.1, 0.15) is 0 Å². The second-order valence-corrected chi connectivity index (χ2v) is 6.51. The maximum Gasteiger partial charge on any atom is 0.231 e. The minimum atomic E-state index is 0.236. The largest absolute Gasteiger partial charge is 0.454 e. The van der Waals surface area contributed by atoms with Crippen LogP contribution in [0.1, 0.15) is 5.56 Å². The summed E-state index contributed by atoms with van der Waals surface area (Å²) in [6.45, 7) is 0.774. The van der Waals surface area contributed by atoms with Crippen LogP contribution in [0.25, 0.3) is 0 Å². The first-order valence-electron chi connectivity index (χ1n) is 6.01. The van der Waals surface area contributed by atoms with Crippen LogP contribution >= 0.6 is 50.7 Å². The van der Waals surface area contributed by atoms with Gasteiger partial charge in [-0.15, -0.1) is 0 Å². The van der Waals surface area contributed by atoms with Gasteiger partial charge in [-0.3, -0.25) is 0 Å². The average Bonchev–Trinajstić information content (AvgIpc) is 2.86. The first-order chi connectivity index (χ1) is 10.0. The Bertz CT molecular complexity index is 686. The molecule has 0 saturated carbocycles. The van der Waals surface area contributed by atoms with Crippen LogP contribution in [0.15, 0.2) is 28.7 Å². The monoisotopic (exact) mass is 407 g/mol. The third-order valence-corrected chi connectivity index (χ3v) is 4.37. The molecule has 1 aliphatic rings. The molecule has 0 radical (unpaired) electrons. The molecule has 3 nitrogen and oxygen atoms in total. The molecular weight excluding hydrogens is 400 g/mol. The van der Waals surface area contributed by atoms with Crippen molar-refractivity contribution in [3.63, 3.8) is 0 Å². The fraction of sp³-hybridized carbons (Fsp3) is 0.143. The summed E-state index contributed by atoms with van der Waals surface area (Å²) >= 11 is 21.6. The number of hydrogen-bond acceptors (Lipinski definition) is 3. The third-order valence-electron chi connectivity index (χ3n) is 2.96. The number of ether oxygens (including phenoxy) is 2. The molecule has 7 heteroatoms. The highest BCUT2D eigenvalue weighted by molar-refractivity contribution is 9.10. The molecule has 0 atom stereocenters. The molecule has 1 heterocycles. The highest BCUT2D eigenvalue weighted by atomic mass is 79.9. The molecule has 1 N–H and O–H groups in total. The van der Waals surface area contributed by atoms with Crippen LogP contribution in [0.4, 0.5) is 5.69 Å². The van der Waals surface area contributed by atoms with Gasteiger partial charge in [0, 0.05) is 11.6 Å². The maximum atomic E-state index is 6.14. The number of anilines is 1. The van der Waals surface area contributed by atoms with Crippen LogP contribution in [-0.4, -0.2) is 6.79 Å². The summed E-state index contributed by atoms with van der Waals surface area (Å²) in [6.07, 6.45) is 0. The highest BCUT2D eigenvalue weighted by Crippen LogP contribution is 2.40. The SMILES string of the molecule is Clc1cc(Cl)c(NCc2cc(Br)c3c(c2)OCO3)c(Cl)c1. The Morgan fingerprint density at radius 2 is 1.76 bits per heavy atom. The van der Waals surface area contributed by atoms with Crippen molar-refractivity contribution in [3.05, 3.63) is 49.4 Å². The molecular formula is C14H9BrCl3NO2. The topological polar surface area (TPSA) is 30.5 Å². The molecule has 0 fully saturated rings. The number of hydrogen-bond donors (Lipinski definition) is 1. The van der Waals surface area contributed by atoms with Gasteiger partial charge >= 0.3 is 0 Å². The van der Waals surface area contributed by atoms with Gasteiger partial charge in [-0.1, -0.05) is 34.8 Å². The van der Waals surface area contributed by atoms with Crippen LogP contribution in [0, 0.1) is 0 Å². The lowest BCUT2D eigenvalue weighted by Crippen LogP contribution is -2.01. The van der Waals surface area contributed by atoms with E-state index in [1.54, 1.807) is 12.1 Å². The molecule has 0 aliphatic carbocycles. The quantitative estimate of drug-likeness (QED) is 0.700. The Hall–Kier alpha value is -0.810. The smallest absolute Gasteiger partial charge is 0.231 e. The van der Waals surface area contributed by atoms with Gasteiger partial charge in [-0.2, -0.15) is 0 Å². The van der Waals surface area contributed by atoms with Crippen molar-refractivity contribution in [2.75, 3.05) is 12.1 Å². The van der Waals surface area contributed by atoms with Gasteiger partial charge in [0.15, 0.2) is 11.5 Å². The molecule has 21 heavy (non-hydrogen) atoms. The summed E-state index contributed by atoms with van der Waals surface area (Å²) in [6, 6.07) is 7.16. The predicted molar refractivity (Wildman–Crippen MR) is 89.1 cm³/mol. The van der Waals surface area contributed by atoms with Crippen LogP contribution in [-0.2, 0) is 6.54 Å². The summed E-state index contributed by atoms with van der Waals surface area (Å²) in [5.74, 6) is 1.44. The van der Waals surface area contributed by atoms with Crippen molar-refractivity contribution in [1.29, 1.82) is 0 Å². The number of rotatable bonds is 3. The fourth-order valence-corrected chi connectivity index (χ4v) is 3.58. The van der Waals surface area contributed by atoms with E-state index in [9.17, 15) is 0 Å². The van der Waals surface area contributed by atoms with Gasteiger partial charge in [0.2, 0.25) is 6.79 Å². The second kappa shape index (κ2) is 6.13. The van der Waals surface area contributed by atoms with E-state index in [4.69, 9.17) is 44.3 Å². The average molecular weight is 409 g/mol. The normalized spacial score (nSPS) is 12.6. The van der Waals surface area contributed by atoms with E-state index in [1.807, 2.05) is 12.1 Å². The number of nitrogens with one attached hydrogen (secondary N) is 1. The Balaban J connectivity index is 1.81. The lowest BCUT2D eigenvalue weighted by Gasteiger charge is -2.12. The number of benzene rings is 2. The molecule has 0 aromatic heterocycles. The van der Waals surface area contributed by atoms with Crippen molar-refractivity contribution >= 4 is 56.4 Å².